The maximum Gasteiger partial charge on any atom is 0.271 e. The molecular weight excluding hydrogens is 294 g/mol. The van der Waals surface area contributed by atoms with E-state index in [0.717, 1.165) is 5.56 Å². The van der Waals surface area contributed by atoms with E-state index in [1.54, 1.807) is 20.2 Å². The Hall–Kier alpha value is -2.34. The molecule has 1 aromatic heterocycles. The van der Waals surface area contributed by atoms with Gasteiger partial charge in [0.15, 0.2) is 0 Å². The van der Waals surface area contributed by atoms with Crippen LogP contribution in [0.15, 0.2) is 30.5 Å². The number of hydrogen-bond donors (Lipinski definition) is 1. The van der Waals surface area contributed by atoms with Gasteiger partial charge in [0.25, 0.3) is 5.69 Å². The third-order valence-corrected chi connectivity index (χ3v) is 3.28. The quantitative estimate of drug-likeness (QED) is 0.675. The van der Waals surface area contributed by atoms with E-state index < -0.39 is 4.92 Å². The maximum atomic E-state index is 10.8. The van der Waals surface area contributed by atoms with Crippen LogP contribution in [0.25, 0.3) is 0 Å². The fraction of sp³-hybridized carbons (Fsp3) is 0.214. The van der Waals surface area contributed by atoms with Gasteiger partial charge in [-0.2, -0.15) is 0 Å². The molecule has 0 radical (unpaired) electrons. The fourth-order valence-corrected chi connectivity index (χ4v) is 2.31. The molecule has 21 heavy (non-hydrogen) atoms. The minimum absolute atomic E-state index is 0.0259. The van der Waals surface area contributed by atoms with E-state index in [9.17, 15) is 10.1 Å². The molecule has 0 aliphatic rings. The molecular formula is C14H14ClN3O3. The highest BCUT2D eigenvalue weighted by Crippen LogP contribution is 2.31. The first-order valence-electron chi connectivity index (χ1n) is 6.19. The van der Waals surface area contributed by atoms with Gasteiger partial charge in [-0.05, 0) is 18.6 Å². The summed E-state index contributed by atoms with van der Waals surface area (Å²) in [6.45, 7) is 2.22. The van der Waals surface area contributed by atoms with Crippen molar-refractivity contribution in [3.05, 3.63) is 56.7 Å². The van der Waals surface area contributed by atoms with E-state index in [4.69, 9.17) is 16.3 Å². The van der Waals surface area contributed by atoms with Crippen LogP contribution in [0.3, 0.4) is 0 Å². The number of nitro groups is 1. The third-order valence-electron chi connectivity index (χ3n) is 2.98. The van der Waals surface area contributed by atoms with E-state index in [1.165, 1.54) is 12.1 Å². The van der Waals surface area contributed by atoms with Crippen molar-refractivity contribution in [2.75, 3.05) is 12.4 Å². The lowest BCUT2D eigenvalue weighted by Gasteiger charge is -2.13. The fourth-order valence-electron chi connectivity index (χ4n) is 1.98. The Morgan fingerprint density at radius 2 is 2.24 bits per heavy atom. The van der Waals surface area contributed by atoms with Gasteiger partial charge in [-0.15, -0.1) is 0 Å². The second-order valence-corrected chi connectivity index (χ2v) is 4.81. The predicted octanol–water partition coefficient (Wildman–Crippen LogP) is 3.57. The standard InChI is InChI=1S/C14H14ClN3O3/c1-9-6-11(18(19)20)7-12(15)13(9)17-8-10-4-3-5-16-14(10)21-2/h3-7,17H,8H2,1-2H3. The minimum atomic E-state index is -0.465. The molecule has 1 heterocycles. The average molecular weight is 308 g/mol. The van der Waals surface area contributed by atoms with Gasteiger partial charge in [0, 0.05) is 30.4 Å². The first kappa shape index (κ1) is 15.1. The molecule has 0 saturated carbocycles. The van der Waals surface area contributed by atoms with Gasteiger partial charge in [0.1, 0.15) is 0 Å². The van der Waals surface area contributed by atoms with Crippen molar-refractivity contribution in [2.45, 2.75) is 13.5 Å². The number of anilines is 1. The summed E-state index contributed by atoms with van der Waals surface area (Å²) in [5.74, 6) is 0.528. The number of halogens is 1. The maximum absolute atomic E-state index is 10.8. The molecule has 0 saturated heterocycles. The Morgan fingerprint density at radius 3 is 2.86 bits per heavy atom. The van der Waals surface area contributed by atoms with Crippen molar-refractivity contribution in [3.63, 3.8) is 0 Å². The number of aromatic nitrogens is 1. The number of methoxy groups -OCH3 is 1. The van der Waals surface area contributed by atoms with E-state index in [-0.39, 0.29) is 5.69 Å². The van der Waals surface area contributed by atoms with Crippen LogP contribution in [0.2, 0.25) is 5.02 Å². The van der Waals surface area contributed by atoms with Gasteiger partial charge >= 0.3 is 0 Å². The van der Waals surface area contributed by atoms with Gasteiger partial charge in [-0.1, -0.05) is 17.7 Å². The Morgan fingerprint density at radius 1 is 1.48 bits per heavy atom. The van der Waals surface area contributed by atoms with Crippen LogP contribution in [0.5, 0.6) is 5.88 Å². The summed E-state index contributed by atoms with van der Waals surface area (Å²) >= 11 is 6.10. The number of rotatable bonds is 5. The summed E-state index contributed by atoms with van der Waals surface area (Å²) in [7, 11) is 1.55. The molecule has 0 spiro atoms. The summed E-state index contributed by atoms with van der Waals surface area (Å²) in [4.78, 5) is 14.4. The molecule has 0 unspecified atom stereocenters. The smallest absolute Gasteiger partial charge is 0.271 e. The van der Waals surface area contributed by atoms with Crippen LogP contribution >= 0.6 is 11.6 Å². The first-order valence-corrected chi connectivity index (χ1v) is 6.57. The molecule has 0 aliphatic heterocycles. The normalized spacial score (nSPS) is 10.2. The van der Waals surface area contributed by atoms with Crippen LogP contribution in [0, 0.1) is 17.0 Å². The van der Waals surface area contributed by atoms with Crippen molar-refractivity contribution >= 4 is 23.0 Å². The zero-order valence-electron chi connectivity index (χ0n) is 11.6. The van der Waals surface area contributed by atoms with E-state index in [2.05, 4.69) is 10.3 Å². The highest BCUT2D eigenvalue weighted by atomic mass is 35.5. The molecule has 0 atom stereocenters. The number of benzene rings is 1. The summed E-state index contributed by atoms with van der Waals surface area (Å²) in [6, 6.07) is 6.50. The van der Waals surface area contributed by atoms with Crippen molar-refractivity contribution in [2.24, 2.45) is 0 Å². The van der Waals surface area contributed by atoms with Gasteiger partial charge in [0.2, 0.25) is 5.88 Å². The van der Waals surface area contributed by atoms with Gasteiger partial charge < -0.3 is 10.1 Å². The van der Waals surface area contributed by atoms with Crippen LogP contribution < -0.4 is 10.1 Å². The molecule has 0 amide bonds. The summed E-state index contributed by atoms with van der Waals surface area (Å²) in [5, 5.41) is 14.3. The SMILES string of the molecule is COc1ncccc1CNc1c(C)cc([N+](=O)[O-])cc1Cl. The summed E-state index contributed by atoms with van der Waals surface area (Å²) in [6.07, 6.45) is 1.65. The molecule has 0 bridgehead atoms. The van der Waals surface area contributed by atoms with Crippen molar-refractivity contribution < 1.29 is 9.66 Å². The summed E-state index contributed by atoms with van der Waals surface area (Å²) < 4.78 is 5.17. The number of pyridine rings is 1. The lowest BCUT2D eigenvalue weighted by Crippen LogP contribution is -2.05. The number of hydrogen-bond acceptors (Lipinski definition) is 5. The van der Waals surface area contributed by atoms with Crippen LogP contribution in [0.4, 0.5) is 11.4 Å². The predicted molar refractivity (Wildman–Crippen MR) is 81.0 cm³/mol. The molecule has 1 N–H and O–H groups in total. The second kappa shape index (κ2) is 6.41. The largest absolute Gasteiger partial charge is 0.481 e. The lowest BCUT2D eigenvalue weighted by molar-refractivity contribution is -0.384. The van der Waals surface area contributed by atoms with Crippen LogP contribution in [-0.4, -0.2) is 17.0 Å². The van der Waals surface area contributed by atoms with Crippen molar-refractivity contribution in [3.8, 4) is 5.88 Å². The van der Waals surface area contributed by atoms with Gasteiger partial charge in [-0.3, -0.25) is 10.1 Å². The highest BCUT2D eigenvalue weighted by Gasteiger charge is 2.13. The Labute approximate surface area is 126 Å². The molecule has 6 nitrogen and oxygen atoms in total. The lowest BCUT2D eigenvalue weighted by atomic mass is 10.1. The number of nitrogens with zero attached hydrogens (tertiary/aromatic N) is 2. The molecule has 2 aromatic rings. The second-order valence-electron chi connectivity index (χ2n) is 4.40. The molecule has 1 aromatic carbocycles. The first-order chi connectivity index (χ1) is 10.0. The molecule has 110 valence electrons. The number of ether oxygens (including phenoxy) is 1. The van der Waals surface area contributed by atoms with Crippen molar-refractivity contribution in [1.82, 2.24) is 4.98 Å². The minimum Gasteiger partial charge on any atom is -0.481 e. The van der Waals surface area contributed by atoms with E-state index in [0.29, 0.717) is 28.7 Å². The molecule has 0 fully saturated rings. The van der Waals surface area contributed by atoms with E-state index >= 15 is 0 Å². The van der Waals surface area contributed by atoms with Gasteiger partial charge in [-0.25, -0.2) is 4.98 Å². The molecule has 7 heteroatoms. The Bertz CT molecular complexity index is 653. The number of aryl methyl sites for hydroxylation is 1. The van der Waals surface area contributed by atoms with E-state index in [1.807, 2.05) is 12.1 Å². The van der Waals surface area contributed by atoms with Crippen LogP contribution in [-0.2, 0) is 6.54 Å². The topological polar surface area (TPSA) is 77.3 Å². The number of non-ortho nitro benzene ring substituents is 1. The zero-order valence-corrected chi connectivity index (χ0v) is 12.3. The van der Waals surface area contributed by atoms with Crippen molar-refractivity contribution in [1.29, 1.82) is 0 Å². The monoisotopic (exact) mass is 307 g/mol. The average Bonchev–Trinajstić information content (AvgIpc) is 2.46. The zero-order chi connectivity index (χ0) is 15.4. The molecule has 0 aliphatic carbocycles. The molecule has 2 rings (SSSR count). The Kier molecular flexibility index (Phi) is 4.59. The number of nitrogens with one attached hydrogen (secondary N) is 1. The highest BCUT2D eigenvalue weighted by molar-refractivity contribution is 6.33. The Balaban J connectivity index is 2.22. The third kappa shape index (κ3) is 3.41. The van der Waals surface area contributed by atoms with Crippen LogP contribution in [0.1, 0.15) is 11.1 Å². The number of nitro benzene ring substituents is 1. The van der Waals surface area contributed by atoms with Gasteiger partial charge in [0.05, 0.1) is 22.7 Å². The summed E-state index contributed by atoms with van der Waals surface area (Å²) in [5.41, 5.74) is 2.21.